The van der Waals surface area contributed by atoms with Gasteiger partial charge < -0.3 is 10.8 Å². The van der Waals surface area contributed by atoms with Gasteiger partial charge in [0.25, 0.3) is 0 Å². The third-order valence-corrected chi connectivity index (χ3v) is 5.75. The summed E-state index contributed by atoms with van der Waals surface area (Å²) < 4.78 is 26.2. The van der Waals surface area contributed by atoms with Crippen molar-refractivity contribution in [1.29, 1.82) is 0 Å². The number of hydrogen-bond donors (Lipinski definition) is 2. The van der Waals surface area contributed by atoms with Crippen LogP contribution in [0.15, 0.2) is 23.1 Å². The summed E-state index contributed by atoms with van der Waals surface area (Å²) in [6.45, 7) is 2.29. The molecule has 5 nitrogen and oxygen atoms in total. The van der Waals surface area contributed by atoms with Crippen molar-refractivity contribution in [2.24, 2.45) is 0 Å². The van der Waals surface area contributed by atoms with E-state index in [2.05, 4.69) is 0 Å². The number of sulfonamides is 1. The van der Waals surface area contributed by atoms with Crippen LogP contribution < -0.4 is 5.73 Å². The third kappa shape index (κ3) is 3.02. The predicted octanol–water partition coefficient (Wildman–Crippen LogP) is 1.46. The van der Waals surface area contributed by atoms with Crippen LogP contribution in [0, 0.1) is 0 Å². The molecule has 19 heavy (non-hydrogen) atoms. The zero-order valence-corrected chi connectivity index (χ0v) is 12.2. The lowest BCUT2D eigenvalue weighted by Crippen LogP contribution is -2.45. The van der Waals surface area contributed by atoms with Crippen LogP contribution in [0.4, 0.5) is 5.69 Å². The molecule has 1 aromatic rings. The SMILES string of the molecule is CC1(O)CCN(S(=O)(=O)c2ccc(N)cc2Cl)CC1. The van der Waals surface area contributed by atoms with Gasteiger partial charge in [-0.2, -0.15) is 4.31 Å². The molecule has 1 heterocycles. The topological polar surface area (TPSA) is 83.6 Å². The van der Waals surface area contributed by atoms with Crippen LogP contribution in [-0.4, -0.2) is 36.5 Å². The van der Waals surface area contributed by atoms with E-state index in [4.69, 9.17) is 17.3 Å². The number of benzene rings is 1. The molecule has 0 spiro atoms. The van der Waals surface area contributed by atoms with Gasteiger partial charge in [0.1, 0.15) is 4.90 Å². The second-order valence-corrected chi connectivity index (χ2v) is 7.40. The highest BCUT2D eigenvalue weighted by atomic mass is 35.5. The largest absolute Gasteiger partial charge is 0.399 e. The Morgan fingerprint density at radius 2 is 1.95 bits per heavy atom. The third-order valence-electron chi connectivity index (χ3n) is 3.37. The predicted molar refractivity (Wildman–Crippen MR) is 74.5 cm³/mol. The Morgan fingerprint density at radius 3 is 2.47 bits per heavy atom. The van der Waals surface area contributed by atoms with Crippen molar-refractivity contribution in [3.8, 4) is 0 Å². The van der Waals surface area contributed by atoms with E-state index in [1.807, 2.05) is 0 Å². The van der Waals surface area contributed by atoms with Crippen molar-refractivity contribution in [2.45, 2.75) is 30.3 Å². The molecule has 1 aliphatic rings. The second-order valence-electron chi connectivity index (χ2n) is 5.09. The van der Waals surface area contributed by atoms with Crippen molar-refractivity contribution < 1.29 is 13.5 Å². The quantitative estimate of drug-likeness (QED) is 0.810. The first kappa shape index (κ1) is 14.6. The molecule has 106 valence electrons. The summed E-state index contributed by atoms with van der Waals surface area (Å²) in [5.41, 5.74) is 5.19. The first-order chi connectivity index (χ1) is 8.72. The van der Waals surface area contributed by atoms with Gasteiger partial charge in [-0.3, -0.25) is 0 Å². The van der Waals surface area contributed by atoms with Gasteiger partial charge in [0.2, 0.25) is 10.0 Å². The molecule has 0 aliphatic carbocycles. The molecule has 0 atom stereocenters. The Morgan fingerprint density at radius 1 is 1.37 bits per heavy atom. The molecular formula is C12H17ClN2O3S. The van der Waals surface area contributed by atoms with Crippen LogP contribution in [0.25, 0.3) is 0 Å². The molecule has 1 saturated heterocycles. The lowest BCUT2D eigenvalue weighted by Gasteiger charge is -2.35. The summed E-state index contributed by atoms with van der Waals surface area (Å²) in [5.74, 6) is 0. The zero-order chi connectivity index (χ0) is 14.3. The summed E-state index contributed by atoms with van der Waals surface area (Å²) in [4.78, 5) is 0.0601. The Balaban J connectivity index is 2.28. The van der Waals surface area contributed by atoms with E-state index in [9.17, 15) is 13.5 Å². The molecule has 3 N–H and O–H groups in total. The number of hydrogen-bond acceptors (Lipinski definition) is 4. The maximum absolute atomic E-state index is 12.4. The average molecular weight is 305 g/mol. The first-order valence-corrected chi connectivity index (χ1v) is 7.82. The van der Waals surface area contributed by atoms with Crippen molar-refractivity contribution >= 4 is 27.3 Å². The van der Waals surface area contributed by atoms with Gasteiger partial charge in [0.15, 0.2) is 0 Å². The molecule has 0 aromatic heterocycles. The fraction of sp³-hybridized carbons (Fsp3) is 0.500. The van der Waals surface area contributed by atoms with E-state index in [1.165, 1.54) is 22.5 Å². The fourth-order valence-electron chi connectivity index (χ4n) is 2.07. The summed E-state index contributed by atoms with van der Waals surface area (Å²) in [7, 11) is -3.62. The number of nitrogen functional groups attached to an aromatic ring is 1. The number of piperidine rings is 1. The van der Waals surface area contributed by atoms with Crippen molar-refractivity contribution in [3.05, 3.63) is 23.2 Å². The first-order valence-electron chi connectivity index (χ1n) is 6.00. The molecule has 0 unspecified atom stereocenters. The maximum Gasteiger partial charge on any atom is 0.244 e. The van der Waals surface area contributed by atoms with Crippen LogP contribution in [-0.2, 0) is 10.0 Å². The van der Waals surface area contributed by atoms with E-state index in [0.29, 0.717) is 18.5 Å². The molecule has 1 aromatic carbocycles. The van der Waals surface area contributed by atoms with E-state index >= 15 is 0 Å². The van der Waals surface area contributed by atoms with Crippen LogP contribution in [0.2, 0.25) is 5.02 Å². The fourth-order valence-corrected chi connectivity index (χ4v) is 4.04. The molecule has 1 aliphatic heterocycles. The van der Waals surface area contributed by atoms with Gasteiger partial charge >= 0.3 is 0 Å². The van der Waals surface area contributed by atoms with Crippen LogP contribution >= 0.6 is 11.6 Å². The summed E-state index contributed by atoms with van der Waals surface area (Å²) in [5, 5.41) is 9.98. The summed E-state index contributed by atoms with van der Waals surface area (Å²) >= 11 is 5.95. The Hall–Kier alpha value is -0.820. The molecule has 2 rings (SSSR count). The monoisotopic (exact) mass is 304 g/mol. The van der Waals surface area contributed by atoms with Crippen molar-refractivity contribution in [1.82, 2.24) is 4.31 Å². The zero-order valence-electron chi connectivity index (χ0n) is 10.6. The van der Waals surface area contributed by atoms with Gasteiger partial charge in [0.05, 0.1) is 10.6 Å². The van der Waals surface area contributed by atoms with E-state index in [-0.39, 0.29) is 23.0 Å². The maximum atomic E-state index is 12.4. The van der Waals surface area contributed by atoms with Crippen LogP contribution in [0.1, 0.15) is 19.8 Å². The normalized spacial score (nSPS) is 20.4. The van der Waals surface area contributed by atoms with Gasteiger partial charge in [-0.05, 0) is 38.0 Å². The van der Waals surface area contributed by atoms with Gasteiger partial charge in [-0.25, -0.2) is 8.42 Å². The smallest absolute Gasteiger partial charge is 0.244 e. The minimum absolute atomic E-state index is 0.0601. The number of nitrogens with two attached hydrogens (primary N) is 1. The molecule has 0 radical (unpaired) electrons. The summed E-state index contributed by atoms with van der Waals surface area (Å²) in [6, 6.07) is 4.35. The van der Waals surface area contributed by atoms with E-state index < -0.39 is 15.6 Å². The van der Waals surface area contributed by atoms with Gasteiger partial charge in [0, 0.05) is 18.8 Å². The minimum Gasteiger partial charge on any atom is -0.399 e. The summed E-state index contributed by atoms with van der Waals surface area (Å²) in [6.07, 6.45) is 0.831. The number of halogens is 1. The highest BCUT2D eigenvalue weighted by Gasteiger charge is 2.34. The molecule has 0 bridgehead atoms. The highest BCUT2D eigenvalue weighted by molar-refractivity contribution is 7.89. The lowest BCUT2D eigenvalue weighted by atomic mass is 9.95. The average Bonchev–Trinajstić information content (AvgIpc) is 2.27. The molecule has 0 saturated carbocycles. The highest BCUT2D eigenvalue weighted by Crippen LogP contribution is 2.30. The Kier molecular flexibility index (Phi) is 3.79. The van der Waals surface area contributed by atoms with Crippen LogP contribution in [0.3, 0.4) is 0 Å². The number of rotatable bonds is 2. The van der Waals surface area contributed by atoms with Crippen molar-refractivity contribution in [2.75, 3.05) is 18.8 Å². The number of nitrogens with zero attached hydrogens (tertiary/aromatic N) is 1. The number of aliphatic hydroxyl groups is 1. The lowest BCUT2D eigenvalue weighted by molar-refractivity contribution is 0.0126. The number of anilines is 1. The van der Waals surface area contributed by atoms with E-state index in [0.717, 1.165) is 0 Å². The minimum atomic E-state index is -3.62. The van der Waals surface area contributed by atoms with E-state index in [1.54, 1.807) is 6.92 Å². The van der Waals surface area contributed by atoms with Crippen LogP contribution in [0.5, 0.6) is 0 Å². The van der Waals surface area contributed by atoms with Crippen molar-refractivity contribution in [3.63, 3.8) is 0 Å². The molecule has 0 amide bonds. The van der Waals surface area contributed by atoms with Gasteiger partial charge in [-0.15, -0.1) is 0 Å². The standard InChI is InChI=1S/C12H17ClN2O3S/c1-12(16)4-6-15(7-5-12)19(17,18)11-3-2-9(14)8-10(11)13/h2-3,8,16H,4-7,14H2,1H3. The Bertz CT molecular complexity index is 577. The molecular weight excluding hydrogens is 288 g/mol. The Labute approximate surface area is 118 Å². The van der Waals surface area contributed by atoms with Gasteiger partial charge in [-0.1, -0.05) is 11.6 Å². The molecule has 7 heteroatoms. The molecule has 1 fully saturated rings. The second kappa shape index (κ2) is 4.94.